The molecule has 1 fully saturated rings. The summed E-state index contributed by atoms with van der Waals surface area (Å²) in [5, 5.41) is 9.62. The number of rotatable bonds is 9. The van der Waals surface area contributed by atoms with Gasteiger partial charge in [0.25, 0.3) is 0 Å². The van der Waals surface area contributed by atoms with Crippen molar-refractivity contribution in [2.45, 2.75) is 37.8 Å². The molecule has 6 heteroatoms. The lowest BCUT2D eigenvalue weighted by Gasteiger charge is -2.30. The number of ether oxygens (including phenoxy) is 2. The van der Waals surface area contributed by atoms with Gasteiger partial charge in [-0.3, -0.25) is 4.90 Å². The predicted octanol–water partition coefficient (Wildman–Crippen LogP) is 3.88. The smallest absolute Gasteiger partial charge is 0.408 e. The highest BCUT2D eigenvalue weighted by atomic mass is 127. The SMILES string of the molecule is COCOCCC[C@@H](c1ccccc1I)N(C(=O)O)C1CC1. The van der Waals surface area contributed by atoms with E-state index >= 15 is 0 Å². The minimum atomic E-state index is -0.829. The van der Waals surface area contributed by atoms with Crippen LogP contribution in [0.3, 0.4) is 0 Å². The largest absolute Gasteiger partial charge is 0.465 e. The van der Waals surface area contributed by atoms with Gasteiger partial charge in [0.2, 0.25) is 0 Å². The molecule has 0 saturated heterocycles. The standard InChI is InChI=1S/C16H22INO4/c1-21-11-22-10-4-7-15(13-5-2-3-6-14(13)17)18(16(19)20)12-8-9-12/h2-3,5-6,12,15H,4,7-11H2,1H3,(H,19,20)/t15-/m0/s1. The molecule has 1 aliphatic rings. The molecule has 1 aliphatic carbocycles. The van der Waals surface area contributed by atoms with Crippen molar-refractivity contribution in [3.05, 3.63) is 33.4 Å². The Balaban J connectivity index is 2.10. The lowest BCUT2D eigenvalue weighted by molar-refractivity contribution is -0.0328. The van der Waals surface area contributed by atoms with Crippen molar-refractivity contribution in [1.29, 1.82) is 0 Å². The minimum Gasteiger partial charge on any atom is -0.465 e. The molecule has 1 atom stereocenters. The van der Waals surface area contributed by atoms with Crippen LogP contribution < -0.4 is 0 Å². The fraction of sp³-hybridized carbons (Fsp3) is 0.562. The second-order valence-corrected chi connectivity index (χ2v) is 6.58. The molecule has 5 nitrogen and oxygen atoms in total. The maximum absolute atomic E-state index is 11.7. The van der Waals surface area contributed by atoms with E-state index in [1.54, 1.807) is 12.0 Å². The Morgan fingerprint density at radius 3 is 2.77 bits per heavy atom. The highest BCUT2D eigenvalue weighted by Gasteiger charge is 2.38. The van der Waals surface area contributed by atoms with Gasteiger partial charge in [0, 0.05) is 23.3 Å². The van der Waals surface area contributed by atoms with E-state index in [2.05, 4.69) is 22.6 Å². The van der Waals surface area contributed by atoms with Gasteiger partial charge in [-0.1, -0.05) is 18.2 Å². The van der Waals surface area contributed by atoms with Gasteiger partial charge in [0.15, 0.2) is 0 Å². The van der Waals surface area contributed by atoms with Crippen LogP contribution in [0.15, 0.2) is 24.3 Å². The first kappa shape index (κ1) is 17.5. The number of halogens is 1. The molecule has 0 aliphatic heterocycles. The lowest BCUT2D eigenvalue weighted by atomic mass is 10.0. The maximum Gasteiger partial charge on any atom is 0.408 e. The van der Waals surface area contributed by atoms with E-state index in [-0.39, 0.29) is 18.9 Å². The van der Waals surface area contributed by atoms with Crippen LogP contribution in [0, 0.1) is 3.57 Å². The zero-order valence-electron chi connectivity index (χ0n) is 12.7. The van der Waals surface area contributed by atoms with E-state index in [1.807, 2.05) is 24.3 Å². The van der Waals surface area contributed by atoms with Crippen LogP contribution in [0.4, 0.5) is 4.79 Å². The van der Waals surface area contributed by atoms with Crippen molar-refractivity contribution in [2.75, 3.05) is 20.5 Å². The first-order valence-electron chi connectivity index (χ1n) is 7.47. The number of benzene rings is 1. The quantitative estimate of drug-likeness (QED) is 0.375. The molecule has 122 valence electrons. The summed E-state index contributed by atoms with van der Waals surface area (Å²) in [6.45, 7) is 0.852. The van der Waals surface area contributed by atoms with Gasteiger partial charge in [0.05, 0.1) is 6.04 Å². The summed E-state index contributed by atoms with van der Waals surface area (Å²) in [6, 6.07) is 8.06. The van der Waals surface area contributed by atoms with Crippen LogP contribution in [-0.4, -0.2) is 42.7 Å². The van der Waals surface area contributed by atoms with E-state index in [9.17, 15) is 9.90 Å². The summed E-state index contributed by atoms with van der Waals surface area (Å²) in [5.74, 6) is 0. The van der Waals surface area contributed by atoms with Crippen LogP contribution in [0.25, 0.3) is 0 Å². The number of nitrogens with zero attached hydrogens (tertiary/aromatic N) is 1. The summed E-state index contributed by atoms with van der Waals surface area (Å²) in [4.78, 5) is 13.3. The molecule has 1 aromatic rings. The second-order valence-electron chi connectivity index (χ2n) is 5.42. The number of amides is 1. The topological polar surface area (TPSA) is 59.0 Å². The average molecular weight is 419 g/mol. The van der Waals surface area contributed by atoms with Crippen molar-refractivity contribution in [3.8, 4) is 0 Å². The molecule has 1 amide bonds. The minimum absolute atomic E-state index is 0.107. The van der Waals surface area contributed by atoms with Gasteiger partial charge in [-0.05, 0) is 59.9 Å². The molecule has 0 spiro atoms. The number of methoxy groups -OCH3 is 1. The van der Waals surface area contributed by atoms with Gasteiger partial charge in [-0.25, -0.2) is 4.79 Å². The molecule has 0 radical (unpaired) electrons. The molecular weight excluding hydrogens is 397 g/mol. The molecule has 1 saturated carbocycles. The van der Waals surface area contributed by atoms with Crippen molar-refractivity contribution in [2.24, 2.45) is 0 Å². The number of carbonyl (C=O) groups is 1. The lowest BCUT2D eigenvalue weighted by Crippen LogP contribution is -2.36. The Kier molecular flexibility index (Phi) is 6.91. The van der Waals surface area contributed by atoms with Crippen LogP contribution >= 0.6 is 22.6 Å². The Morgan fingerprint density at radius 2 is 2.18 bits per heavy atom. The molecule has 2 rings (SSSR count). The summed E-state index contributed by atoms with van der Waals surface area (Å²) >= 11 is 2.28. The number of hydrogen-bond donors (Lipinski definition) is 1. The molecule has 1 N–H and O–H groups in total. The summed E-state index contributed by atoms with van der Waals surface area (Å²) < 4.78 is 11.3. The third-order valence-electron chi connectivity index (χ3n) is 3.73. The van der Waals surface area contributed by atoms with Crippen LogP contribution in [-0.2, 0) is 9.47 Å². The Bertz CT molecular complexity index is 493. The molecule has 0 unspecified atom stereocenters. The van der Waals surface area contributed by atoms with Gasteiger partial charge in [-0.15, -0.1) is 0 Å². The molecule has 1 aromatic carbocycles. The third kappa shape index (κ3) is 4.82. The van der Waals surface area contributed by atoms with Gasteiger partial charge in [0.1, 0.15) is 6.79 Å². The second kappa shape index (κ2) is 8.69. The van der Waals surface area contributed by atoms with Crippen molar-refractivity contribution in [3.63, 3.8) is 0 Å². The summed E-state index contributed by atoms with van der Waals surface area (Å²) in [7, 11) is 1.59. The van der Waals surface area contributed by atoms with Gasteiger partial charge in [-0.2, -0.15) is 0 Å². The zero-order valence-corrected chi connectivity index (χ0v) is 14.9. The van der Waals surface area contributed by atoms with E-state index in [0.29, 0.717) is 6.61 Å². The maximum atomic E-state index is 11.7. The van der Waals surface area contributed by atoms with Gasteiger partial charge >= 0.3 is 6.09 Å². The number of hydrogen-bond acceptors (Lipinski definition) is 3. The first-order chi connectivity index (χ1) is 10.6. The van der Waals surface area contributed by atoms with E-state index in [1.165, 1.54) is 0 Å². The van der Waals surface area contributed by atoms with Crippen LogP contribution in [0.2, 0.25) is 0 Å². The first-order valence-corrected chi connectivity index (χ1v) is 8.55. The van der Waals surface area contributed by atoms with Crippen molar-refractivity contribution >= 4 is 28.7 Å². The Hall–Kier alpha value is -0.860. The zero-order chi connectivity index (χ0) is 15.9. The molecule has 22 heavy (non-hydrogen) atoms. The number of carboxylic acid groups (broad SMARTS) is 1. The Morgan fingerprint density at radius 1 is 1.45 bits per heavy atom. The fourth-order valence-corrected chi connectivity index (χ4v) is 3.35. The monoisotopic (exact) mass is 419 g/mol. The van der Waals surface area contributed by atoms with Crippen molar-refractivity contribution < 1.29 is 19.4 Å². The van der Waals surface area contributed by atoms with Crippen LogP contribution in [0.1, 0.15) is 37.3 Å². The predicted molar refractivity (Wildman–Crippen MR) is 91.8 cm³/mol. The molecule has 0 heterocycles. The molecule has 0 aromatic heterocycles. The normalized spacial score (nSPS) is 15.5. The summed E-state index contributed by atoms with van der Waals surface area (Å²) in [5.41, 5.74) is 1.09. The van der Waals surface area contributed by atoms with E-state index in [0.717, 1.165) is 34.8 Å². The van der Waals surface area contributed by atoms with Gasteiger partial charge < -0.3 is 14.6 Å². The molecule has 0 bridgehead atoms. The highest BCUT2D eigenvalue weighted by molar-refractivity contribution is 14.1. The molecular formula is C16H22INO4. The Labute approximate surface area is 144 Å². The van der Waals surface area contributed by atoms with Crippen LogP contribution in [0.5, 0.6) is 0 Å². The average Bonchev–Trinajstić information content (AvgIpc) is 3.31. The van der Waals surface area contributed by atoms with Crippen molar-refractivity contribution in [1.82, 2.24) is 4.90 Å². The van der Waals surface area contributed by atoms with E-state index < -0.39 is 6.09 Å². The third-order valence-corrected chi connectivity index (χ3v) is 4.71. The summed E-state index contributed by atoms with van der Waals surface area (Å²) in [6.07, 6.45) is 2.66. The van der Waals surface area contributed by atoms with E-state index in [4.69, 9.17) is 9.47 Å². The highest BCUT2D eigenvalue weighted by Crippen LogP contribution is 2.38. The fourth-order valence-electron chi connectivity index (χ4n) is 2.61.